The lowest BCUT2D eigenvalue weighted by Crippen LogP contribution is -2.15. The van der Waals surface area contributed by atoms with Crippen LogP contribution >= 0.6 is 0 Å². The molecular weight excluding hydrogens is 192 g/mol. The van der Waals surface area contributed by atoms with Crippen molar-refractivity contribution in [3.63, 3.8) is 0 Å². The second kappa shape index (κ2) is 2.70. The molecule has 0 unspecified atom stereocenters. The van der Waals surface area contributed by atoms with Crippen LogP contribution in [0.3, 0.4) is 0 Å². The molecule has 1 aliphatic heterocycles. The van der Waals surface area contributed by atoms with Crippen LogP contribution in [-0.4, -0.2) is 29.3 Å². The average molecular weight is 198 g/mol. The summed E-state index contributed by atoms with van der Waals surface area (Å²) < 4.78 is 0. The van der Waals surface area contributed by atoms with Gasteiger partial charge in [-0.25, -0.2) is 4.98 Å². The molecule has 0 saturated heterocycles. The molecule has 0 radical (unpaired) electrons. The zero-order valence-corrected chi connectivity index (χ0v) is 7.73. The van der Waals surface area contributed by atoms with Crippen molar-refractivity contribution < 1.29 is 9.59 Å². The molecule has 0 fully saturated rings. The number of allylic oxidation sites excluding steroid dienone is 1. The zero-order chi connectivity index (χ0) is 10.4. The van der Waals surface area contributed by atoms with Gasteiger partial charge in [-0.3, -0.25) is 14.6 Å². The molecule has 0 spiro atoms. The van der Waals surface area contributed by atoms with Crippen molar-refractivity contribution in [3.05, 3.63) is 34.7 Å². The van der Waals surface area contributed by atoms with Gasteiger partial charge in [0.15, 0.2) is 11.6 Å². The van der Waals surface area contributed by atoms with Gasteiger partial charge in [0.25, 0.3) is 0 Å². The Morgan fingerprint density at radius 1 is 1.07 bits per heavy atom. The van der Waals surface area contributed by atoms with Crippen LogP contribution in [0.25, 0.3) is 6.08 Å². The fourth-order valence-electron chi connectivity index (χ4n) is 1.73. The molecule has 0 atom stereocenters. The SMILES string of the molecule is O=C1C=Cc2nc3c(cc21)C(=O)CN=C3. The van der Waals surface area contributed by atoms with Crippen molar-refractivity contribution in [2.24, 2.45) is 4.99 Å². The molecule has 4 heteroatoms. The van der Waals surface area contributed by atoms with E-state index in [1.54, 1.807) is 18.4 Å². The molecule has 0 amide bonds. The third kappa shape index (κ3) is 1.08. The first kappa shape index (κ1) is 8.23. The Kier molecular flexibility index (Phi) is 1.48. The van der Waals surface area contributed by atoms with E-state index in [1.165, 1.54) is 6.08 Å². The highest BCUT2D eigenvalue weighted by Gasteiger charge is 2.22. The number of nitrogens with zero attached hydrogens (tertiary/aromatic N) is 2. The lowest BCUT2D eigenvalue weighted by atomic mass is 10.0. The summed E-state index contributed by atoms with van der Waals surface area (Å²) in [6.45, 7) is 0.148. The maximum absolute atomic E-state index is 11.5. The molecule has 2 heterocycles. The molecule has 15 heavy (non-hydrogen) atoms. The molecule has 72 valence electrons. The van der Waals surface area contributed by atoms with E-state index < -0.39 is 0 Å². The topological polar surface area (TPSA) is 59.4 Å². The number of carbonyl (C=O) groups is 2. The Bertz CT molecular complexity index is 556. The van der Waals surface area contributed by atoms with Crippen LogP contribution in [0.2, 0.25) is 0 Å². The van der Waals surface area contributed by atoms with Crippen LogP contribution in [0, 0.1) is 0 Å². The summed E-state index contributed by atoms with van der Waals surface area (Å²) in [5.41, 5.74) is 2.20. The number of ketones is 2. The number of aromatic nitrogens is 1. The number of rotatable bonds is 0. The van der Waals surface area contributed by atoms with Crippen LogP contribution in [0.1, 0.15) is 32.1 Å². The van der Waals surface area contributed by atoms with Gasteiger partial charge in [0, 0.05) is 17.3 Å². The number of pyridine rings is 1. The van der Waals surface area contributed by atoms with Gasteiger partial charge in [0.05, 0.1) is 11.4 Å². The Labute approximate surface area is 85.4 Å². The van der Waals surface area contributed by atoms with Gasteiger partial charge in [0.2, 0.25) is 0 Å². The smallest absolute Gasteiger partial charge is 0.188 e. The van der Waals surface area contributed by atoms with Gasteiger partial charge in [-0.15, -0.1) is 0 Å². The van der Waals surface area contributed by atoms with Crippen molar-refractivity contribution in [3.8, 4) is 0 Å². The van der Waals surface area contributed by atoms with E-state index >= 15 is 0 Å². The summed E-state index contributed by atoms with van der Waals surface area (Å²) in [4.78, 5) is 31.0. The van der Waals surface area contributed by atoms with E-state index in [4.69, 9.17) is 0 Å². The summed E-state index contributed by atoms with van der Waals surface area (Å²) in [7, 11) is 0. The maximum atomic E-state index is 11.5. The molecular formula is C11H6N2O2. The minimum absolute atomic E-state index is 0.0810. The quantitative estimate of drug-likeness (QED) is 0.622. The zero-order valence-electron chi connectivity index (χ0n) is 7.73. The first-order chi connectivity index (χ1) is 7.25. The van der Waals surface area contributed by atoms with Crippen molar-refractivity contribution >= 4 is 23.9 Å². The highest BCUT2D eigenvalue weighted by molar-refractivity contribution is 6.16. The van der Waals surface area contributed by atoms with E-state index in [-0.39, 0.29) is 18.1 Å². The number of hydrogen-bond acceptors (Lipinski definition) is 4. The third-order valence-corrected chi connectivity index (χ3v) is 2.49. The average Bonchev–Trinajstić information content (AvgIpc) is 2.59. The van der Waals surface area contributed by atoms with E-state index in [0.717, 1.165) is 0 Å². The first-order valence-electron chi connectivity index (χ1n) is 4.56. The second-order valence-electron chi connectivity index (χ2n) is 3.44. The van der Waals surface area contributed by atoms with Crippen LogP contribution in [0.4, 0.5) is 0 Å². The summed E-state index contributed by atoms with van der Waals surface area (Å²) in [6.07, 6.45) is 4.70. The first-order valence-corrected chi connectivity index (χ1v) is 4.56. The standard InChI is InChI=1S/C11H6N2O2/c14-10-2-1-8-6(10)3-7-9(13-8)4-12-5-11(7)15/h1-4H,5H2. The monoisotopic (exact) mass is 198 g/mol. The largest absolute Gasteiger partial charge is 0.292 e. The number of fused-ring (bicyclic) bond motifs is 2. The molecule has 0 N–H and O–H groups in total. The lowest BCUT2D eigenvalue weighted by molar-refractivity contribution is 0.1000. The van der Waals surface area contributed by atoms with Crippen LogP contribution in [0.5, 0.6) is 0 Å². The fraction of sp³-hybridized carbons (Fsp3) is 0.0909. The second-order valence-corrected chi connectivity index (χ2v) is 3.44. The minimum Gasteiger partial charge on any atom is -0.292 e. The lowest BCUT2D eigenvalue weighted by Gasteiger charge is -2.09. The Morgan fingerprint density at radius 2 is 1.93 bits per heavy atom. The van der Waals surface area contributed by atoms with E-state index in [9.17, 15) is 9.59 Å². The van der Waals surface area contributed by atoms with Gasteiger partial charge in [-0.2, -0.15) is 0 Å². The van der Waals surface area contributed by atoms with Gasteiger partial charge in [-0.1, -0.05) is 0 Å². The predicted molar refractivity (Wildman–Crippen MR) is 54.4 cm³/mol. The Morgan fingerprint density at radius 3 is 2.80 bits per heavy atom. The summed E-state index contributed by atoms with van der Waals surface area (Å²) >= 11 is 0. The van der Waals surface area contributed by atoms with Crippen molar-refractivity contribution in [1.82, 2.24) is 4.98 Å². The molecule has 0 aromatic carbocycles. The van der Waals surface area contributed by atoms with Crippen LogP contribution in [-0.2, 0) is 0 Å². The minimum atomic E-state index is -0.0874. The van der Waals surface area contributed by atoms with E-state index in [2.05, 4.69) is 9.98 Å². The van der Waals surface area contributed by atoms with E-state index in [0.29, 0.717) is 22.5 Å². The number of hydrogen-bond donors (Lipinski definition) is 0. The molecule has 3 rings (SSSR count). The summed E-state index contributed by atoms with van der Waals surface area (Å²) in [5, 5.41) is 0. The third-order valence-electron chi connectivity index (χ3n) is 2.49. The normalized spacial score (nSPS) is 16.8. The molecule has 0 bridgehead atoms. The van der Waals surface area contributed by atoms with Crippen LogP contribution < -0.4 is 0 Å². The van der Waals surface area contributed by atoms with Gasteiger partial charge in [-0.05, 0) is 18.2 Å². The molecule has 1 aromatic rings. The number of Topliss-reactive ketones (excluding diaryl/α,β-unsaturated/α-hetero) is 1. The van der Waals surface area contributed by atoms with Gasteiger partial charge in [0.1, 0.15) is 6.54 Å². The van der Waals surface area contributed by atoms with Gasteiger partial charge < -0.3 is 0 Å². The summed E-state index contributed by atoms with van der Waals surface area (Å²) in [6, 6.07) is 1.62. The fourth-order valence-corrected chi connectivity index (χ4v) is 1.73. The Hall–Kier alpha value is -2.10. The molecule has 2 aliphatic rings. The molecule has 1 aliphatic carbocycles. The van der Waals surface area contributed by atoms with Crippen LogP contribution in [0.15, 0.2) is 17.1 Å². The number of aliphatic imine (C=N–C) groups is 1. The van der Waals surface area contributed by atoms with Crippen molar-refractivity contribution in [2.45, 2.75) is 0 Å². The Balaban J connectivity index is 2.29. The number of carbonyl (C=O) groups excluding carboxylic acids is 2. The predicted octanol–water partition coefficient (Wildman–Crippen LogP) is 0.906. The maximum Gasteiger partial charge on any atom is 0.188 e. The van der Waals surface area contributed by atoms with Crippen molar-refractivity contribution in [2.75, 3.05) is 6.54 Å². The van der Waals surface area contributed by atoms with Gasteiger partial charge >= 0.3 is 0 Å². The highest BCUT2D eigenvalue weighted by atomic mass is 16.1. The molecule has 0 saturated carbocycles. The highest BCUT2D eigenvalue weighted by Crippen LogP contribution is 2.21. The van der Waals surface area contributed by atoms with E-state index in [1.807, 2.05) is 0 Å². The summed E-state index contributed by atoms with van der Waals surface area (Å²) in [5.74, 6) is -0.168. The molecule has 1 aromatic heterocycles. The molecule has 4 nitrogen and oxygen atoms in total. The van der Waals surface area contributed by atoms with Crippen molar-refractivity contribution in [1.29, 1.82) is 0 Å².